The summed E-state index contributed by atoms with van der Waals surface area (Å²) in [7, 11) is 0. The molecule has 1 aromatic rings. The van der Waals surface area contributed by atoms with E-state index in [-0.39, 0.29) is 35.7 Å². The molecule has 2 amide bonds. The zero-order chi connectivity index (χ0) is 23.7. The van der Waals surface area contributed by atoms with Gasteiger partial charge in [0.05, 0.1) is 23.8 Å². The summed E-state index contributed by atoms with van der Waals surface area (Å²) in [6.45, 7) is 6.51. The van der Waals surface area contributed by atoms with Gasteiger partial charge in [-0.2, -0.15) is 0 Å². The van der Waals surface area contributed by atoms with Gasteiger partial charge in [0, 0.05) is 44.8 Å². The second kappa shape index (κ2) is 10.2. The predicted molar refractivity (Wildman–Crippen MR) is 128 cm³/mol. The maximum absolute atomic E-state index is 14.0. The van der Waals surface area contributed by atoms with Gasteiger partial charge in [0.25, 0.3) is 0 Å². The molecule has 2 aliphatic heterocycles. The summed E-state index contributed by atoms with van der Waals surface area (Å²) in [4.78, 5) is 31.4. The Bertz CT molecular complexity index is 894. The number of nitrogens with zero attached hydrogens (tertiary/aromatic N) is 3. The van der Waals surface area contributed by atoms with Crippen molar-refractivity contribution in [2.24, 2.45) is 5.92 Å². The molecule has 34 heavy (non-hydrogen) atoms. The van der Waals surface area contributed by atoms with E-state index in [1.807, 2.05) is 6.92 Å². The van der Waals surface area contributed by atoms with Crippen molar-refractivity contribution in [1.29, 1.82) is 0 Å². The van der Waals surface area contributed by atoms with Gasteiger partial charge >= 0.3 is 0 Å². The van der Waals surface area contributed by atoms with Crippen molar-refractivity contribution < 1.29 is 18.7 Å². The number of anilines is 1. The van der Waals surface area contributed by atoms with Crippen molar-refractivity contribution in [3.05, 3.63) is 24.0 Å². The lowest BCUT2D eigenvalue weighted by Gasteiger charge is -2.37. The van der Waals surface area contributed by atoms with E-state index in [1.54, 1.807) is 12.1 Å². The average Bonchev–Trinajstić information content (AvgIpc) is 3.48. The Hall–Kier alpha value is -2.19. The van der Waals surface area contributed by atoms with Gasteiger partial charge in [-0.25, -0.2) is 4.39 Å². The molecule has 2 atom stereocenters. The van der Waals surface area contributed by atoms with Gasteiger partial charge in [0.15, 0.2) is 0 Å². The predicted octanol–water partition coefficient (Wildman–Crippen LogP) is 2.78. The lowest BCUT2D eigenvalue weighted by molar-refractivity contribution is -0.139. The Balaban J connectivity index is 1.10. The van der Waals surface area contributed by atoms with E-state index < -0.39 is 0 Å². The van der Waals surface area contributed by atoms with Crippen LogP contribution in [0.4, 0.5) is 10.1 Å². The number of carbonyl (C=O) groups excluding carboxylic acids is 2. The number of carbonyl (C=O) groups is 2. The minimum Gasteiger partial charge on any atom is -0.488 e. The number of imide groups is 1. The second-order valence-corrected chi connectivity index (χ2v) is 10.4. The fourth-order valence-corrected chi connectivity index (χ4v) is 5.51. The first kappa shape index (κ1) is 23.5. The van der Waals surface area contributed by atoms with Crippen molar-refractivity contribution in [2.45, 2.75) is 70.1 Å². The van der Waals surface area contributed by atoms with Crippen LogP contribution in [0.5, 0.6) is 5.75 Å². The fraction of sp³-hybridized carbons (Fsp3) is 0.692. The smallest absolute Gasteiger partial charge is 0.247 e. The van der Waals surface area contributed by atoms with Gasteiger partial charge in [-0.05, 0) is 63.6 Å². The first-order valence-corrected chi connectivity index (χ1v) is 13.0. The van der Waals surface area contributed by atoms with Gasteiger partial charge < -0.3 is 15.0 Å². The quantitative estimate of drug-likeness (QED) is 0.558. The number of piperazine rings is 1. The number of hydrogen-bond acceptors (Lipinski definition) is 6. The van der Waals surface area contributed by atoms with Crippen molar-refractivity contribution >= 4 is 17.5 Å². The standard InChI is InChI=1S/C26H37FN4O3/c1-18-24(28-20-8-9-20)26(33)31(25(18)32)12-4-11-29-13-15-30(16-14-29)22-17-19(27)7-10-23(22)34-21-5-2-3-6-21/h7,10,17-18,20-21,24,28H,2-6,8-9,11-16H2,1H3. The molecule has 2 aliphatic carbocycles. The summed E-state index contributed by atoms with van der Waals surface area (Å²) < 4.78 is 20.3. The molecular formula is C26H37FN4O3. The first-order chi connectivity index (χ1) is 16.5. The third-order valence-electron chi connectivity index (χ3n) is 7.77. The lowest BCUT2D eigenvalue weighted by Crippen LogP contribution is -2.47. The number of hydrogen-bond donors (Lipinski definition) is 1. The summed E-state index contributed by atoms with van der Waals surface area (Å²) in [5.74, 6) is 0.170. The molecule has 0 radical (unpaired) electrons. The largest absolute Gasteiger partial charge is 0.488 e. The number of halogens is 1. The molecule has 4 aliphatic rings. The topological polar surface area (TPSA) is 65.1 Å². The molecule has 186 valence electrons. The molecule has 2 saturated carbocycles. The minimum atomic E-state index is -0.351. The van der Waals surface area contributed by atoms with E-state index >= 15 is 0 Å². The van der Waals surface area contributed by atoms with Crippen molar-refractivity contribution in [3.8, 4) is 5.75 Å². The van der Waals surface area contributed by atoms with E-state index in [1.165, 1.54) is 23.8 Å². The number of ether oxygens (including phenoxy) is 1. The Labute approximate surface area is 201 Å². The van der Waals surface area contributed by atoms with Crippen LogP contribution in [0.1, 0.15) is 51.9 Å². The van der Waals surface area contributed by atoms with Gasteiger partial charge in [-0.15, -0.1) is 0 Å². The van der Waals surface area contributed by atoms with Crippen molar-refractivity contribution in [3.63, 3.8) is 0 Å². The highest BCUT2D eigenvalue weighted by Crippen LogP contribution is 2.34. The SMILES string of the molecule is CC1C(=O)N(CCCN2CCN(c3cc(F)ccc3OC3CCCC3)CC2)C(=O)C1NC1CC1. The zero-order valence-electron chi connectivity index (χ0n) is 20.2. The number of benzene rings is 1. The van der Waals surface area contributed by atoms with E-state index in [0.29, 0.717) is 12.6 Å². The third-order valence-corrected chi connectivity index (χ3v) is 7.77. The molecule has 1 aromatic carbocycles. The van der Waals surface area contributed by atoms with Crippen molar-refractivity contribution in [2.75, 3.05) is 44.2 Å². The summed E-state index contributed by atoms with van der Waals surface area (Å²) >= 11 is 0. The number of rotatable bonds is 9. The highest BCUT2D eigenvalue weighted by molar-refractivity contribution is 6.06. The van der Waals surface area contributed by atoms with Gasteiger partial charge in [-0.3, -0.25) is 19.4 Å². The molecule has 1 N–H and O–H groups in total. The van der Waals surface area contributed by atoms with Crippen LogP contribution in [-0.4, -0.2) is 79.1 Å². The van der Waals surface area contributed by atoms with Gasteiger partial charge in [0.1, 0.15) is 11.6 Å². The molecule has 2 heterocycles. The molecular weight excluding hydrogens is 435 g/mol. The highest BCUT2D eigenvalue weighted by atomic mass is 19.1. The molecule has 4 fully saturated rings. The Morgan fingerprint density at radius 2 is 1.74 bits per heavy atom. The van der Waals surface area contributed by atoms with Crippen LogP contribution in [-0.2, 0) is 9.59 Å². The molecule has 5 rings (SSSR count). The normalized spacial score (nSPS) is 26.6. The highest BCUT2D eigenvalue weighted by Gasteiger charge is 2.46. The van der Waals surface area contributed by atoms with Crippen LogP contribution in [0.3, 0.4) is 0 Å². The molecule has 2 unspecified atom stereocenters. The van der Waals surface area contributed by atoms with E-state index in [4.69, 9.17) is 4.74 Å². The molecule has 0 spiro atoms. The summed E-state index contributed by atoms with van der Waals surface area (Å²) in [5.41, 5.74) is 0.850. The van der Waals surface area contributed by atoms with Crippen LogP contribution in [0.2, 0.25) is 0 Å². The van der Waals surface area contributed by atoms with Crippen LogP contribution in [0.15, 0.2) is 18.2 Å². The van der Waals surface area contributed by atoms with E-state index in [9.17, 15) is 14.0 Å². The summed E-state index contributed by atoms with van der Waals surface area (Å²) in [6, 6.07) is 4.90. The zero-order valence-corrected chi connectivity index (χ0v) is 20.2. The Kier molecular flexibility index (Phi) is 7.06. The lowest BCUT2D eigenvalue weighted by atomic mass is 10.1. The molecule has 0 aromatic heterocycles. The molecule has 7 nitrogen and oxygen atoms in total. The number of nitrogens with one attached hydrogen (secondary N) is 1. The summed E-state index contributed by atoms with van der Waals surface area (Å²) in [6.07, 6.45) is 7.75. The van der Waals surface area contributed by atoms with Crippen LogP contribution >= 0.6 is 0 Å². The Morgan fingerprint density at radius 3 is 2.44 bits per heavy atom. The maximum Gasteiger partial charge on any atom is 0.247 e. The van der Waals surface area contributed by atoms with Crippen molar-refractivity contribution in [1.82, 2.24) is 15.1 Å². The Morgan fingerprint density at radius 1 is 1.00 bits per heavy atom. The molecule has 2 saturated heterocycles. The fourth-order valence-electron chi connectivity index (χ4n) is 5.51. The second-order valence-electron chi connectivity index (χ2n) is 10.4. The third kappa shape index (κ3) is 5.23. The molecule has 8 heteroatoms. The van der Waals surface area contributed by atoms with Crippen LogP contribution in [0.25, 0.3) is 0 Å². The van der Waals surface area contributed by atoms with Crippen LogP contribution < -0.4 is 15.0 Å². The number of amides is 2. The van der Waals surface area contributed by atoms with Gasteiger partial charge in [0.2, 0.25) is 11.8 Å². The van der Waals surface area contributed by atoms with Gasteiger partial charge in [-0.1, -0.05) is 6.92 Å². The first-order valence-electron chi connectivity index (χ1n) is 13.0. The monoisotopic (exact) mass is 472 g/mol. The summed E-state index contributed by atoms with van der Waals surface area (Å²) in [5, 5.41) is 3.34. The van der Waals surface area contributed by atoms with E-state index in [2.05, 4.69) is 15.1 Å². The average molecular weight is 473 g/mol. The maximum atomic E-state index is 14.0. The number of likely N-dealkylation sites (tertiary alicyclic amines) is 1. The minimum absolute atomic E-state index is 0.0473. The van der Waals surface area contributed by atoms with E-state index in [0.717, 1.165) is 76.3 Å². The van der Waals surface area contributed by atoms with Crippen LogP contribution in [0, 0.1) is 11.7 Å². The molecule has 0 bridgehead atoms.